The number of aromatic nitrogens is 4. The molecule has 0 saturated carbocycles. The molecule has 0 radical (unpaired) electrons. The summed E-state index contributed by atoms with van der Waals surface area (Å²) in [5, 5.41) is 31.6. The van der Waals surface area contributed by atoms with Gasteiger partial charge in [0.25, 0.3) is 11.8 Å². The van der Waals surface area contributed by atoms with Crippen LogP contribution in [0.5, 0.6) is 5.88 Å². The molecule has 29 heavy (non-hydrogen) atoms. The van der Waals surface area contributed by atoms with Crippen LogP contribution in [0.25, 0.3) is 16.9 Å². The summed E-state index contributed by atoms with van der Waals surface area (Å²) in [7, 11) is -0.0449. The predicted molar refractivity (Wildman–Crippen MR) is 112 cm³/mol. The van der Waals surface area contributed by atoms with Crippen LogP contribution in [0.2, 0.25) is 0 Å². The van der Waals surface area contributed by atoms with Gasteiger partial charge in [-0.05, 0) is 30.1 Å². The number of rotatable bonds is 6. The molecule has 0 unspecified atom stereocenters. The predicted octanol–water partition coefficient (Wildman–Crippen LogP) is 1.42. The number of nitrogens with one attached hydrogen (secondary N) is 1. The van der Waals surface area contributed by atoms with Gasteiger partial charge in [-0.25, -0.2) is 0 Å². The Kier molecular flexibility index (Phi) is 5.15. The van der Waals surface area contributed by atoms with Crippen LogP contribution >= 0.6 is 0 Å². The van der Waals surface area contributed by atoms with Crippen LogP contribution in [-0.2, 0) is 6.54 Å². The van der Waals surface area contributed by atoms with Crippen molar-refractivity contribution in [3.05, 3.63) is 65.9 Å². The Balaban J connectivity index is 1.76. The summed E-state index contributed by atoms with van der Waals surface area (Å²) in [6.07, 6.45) is 0. The maximum atomic E-state index is 9.66. The molecule has 2 aromatic carbocycles. The highest BCUT2D eigenvalue weighted by atomic mass is 16.5. The first-order valence-corrected chi connectivity index (χ1v) is 9.12. The highest BCUT2D eigenvalue weighted by Gasteiger charge is 2.20. The third-order valence-corrected chi connectivity index (χ3v) is 4.68. The molecular weight excluding hydrogens is 369 g/mol. The summed E-state index contributed by atoms with van der Waals surface area (Å²) < 4.78 is 7.12. The lowest BCUT2D eigenvalue weighted by molar-refractivity contribution is 0.391. The van der Waals surface area contributed by atoms with Crippen LogP contribution in [-0.4, -0.2) is 44.0 Å². The first kappa shape index (κ1) is 18.9. The Bertz CT molecular complexity index is 1150. The van der Waals surface area contributed by atoms with Gasteiger partial charge in [-0.15, -0.1) is 10.2 Å². The highest BCUT2D eigenvalue weighted by molar-refractivity contribution is 6.61. The van der Waals surface area contributed by atoms with Crippen molar-refractivity contribution in [2.45, 2.75) is 13.5 Å². The number of aryl methyl sites for hydroxylation is 1. The largest absolute Gasteiger partial charge is 0.489 e. The van der Waals surface area contributed by atoms with Gasteiger partial charge in [0.2, 0.25) is 0 Å². The Morgan fingerprint density at radius 1 is 1.07 bits per heavy atom. The quantitative estimate of drug-likeness (QED) is 0.429. The van der Waals surface area contributed by atoms with E-state index >= 15 is 0 Å². The standard InChI is InChI=1S/C20H20BN5O3/c1-13-11-15-16(21(27)28)9-6-10-17(15)26(13)20-23-18(19(29-2)24-25-20)22-12-14-7-4-3-5-8-14/h3-11,27-28H,12H2,1-2H3,(H,22,23,25). The first-order chi connectivity index (χ1) is 14.1. The number of benzene rings is 2. The molecule has 146 valence electrons. The smallest absolute Gasteiger partial charge is 0.477 e. The van der Waals surface area contributed by atoms with Crippen LogP contribution in [0.15, 0.2) is 54.6 Å². The molecule has 0 aliphatic heterocycles. The minimum absolute atomic E-state index is 0.297. The maximum Gasteiger partial charge on any atom is 0.489 e. The van der Waals surface area contributed by atoms with Crippen LogP contribution < -0.4 is 15.5 Å². The number of anilines is 1. The van der Waals surface area contributed by atoms with Crippen LogP contribution in [0, 0.1) is 6.92 Å². The van der Waals surface area contributed by atoms with E-state index < -0.39 is 7.12 Å². The normalized spacial score (nSPS) is 10.9. The second-order valence-corrected chi connectivity index (χ2v) is 6.58. The van der Waals surface area contributed by atoms with Gasteiger partial charge < -0.3 is 20.1 Å². The Hall–Kier alpha value is -3.43. The summed E-state index contributed by atoms with van der Waals surface area (Å²) in [6.45, 7) is 2.46. The van der Waals surface area contributed by atoms with Crippen LogP contribution in [0.3, 0.4) is 0 Å². The number of fused-ring (bicyclic) bond motifs is 1. The summed E-state index contributed by atoms with van der Waals surface area (Å²) in [4.78, 5) is 4.61. The second kappa shape index (κ2) is 7.90. The molecule has 2 heterocycles. The molecule has 0 bridgehead atoms. The van der Waals surface area contributed by atoms with Gasteiger partial charge in [0.1, 0.15) is 0 Å². The topological polar surface area (TPSA) is 105 Å². The molecule has 2 aromatic heterocycles. The summed E-state index contributed by atoms with van der Waals surface area (Å²) in [6, 6.07) is 17.1. The fourth-order valence-corrected chi connectivity index (χ4v) is 3.31. The number of nitrogens with zero attached hydrogens (tertiary/aromatic N) is 4. The zero-order valence-corrected chi connectivity index (χ0v) is 16.1. The lowest BCUT2D eigenvalue weighted by atomic mass is 9.78. The fraction of sp³-hybridized carbons (Fsp3) is 0.150. The number of hydrogen-bond donors (Lipinski definition) is 3. The van der Waals surface area contributed by atoms with Gasteiger partial charge in [0, 0.05) is 17.6 Å². The third kappa shape index (κ3) is 3.65. The third-order valence-electron chi connectivity index (χ3n) is 4.68. The number of ether oxygens (including phenoxy) is 1. The van der Waals surface area contributed by atoms with E-state index in [1.165, 1.54) is 7.11 Å². The monoisotopic (exact) mass is 389 g/mol. The molecule has 0 saturated heterocycles. The van der Waals surface area contributed by atoms with E-state index in [9.17, 15) is 10.0 Å². The zero-order valence-electron chi connectivity index (χ0n) is 16.1. The van der Waals surface area contributed by atoms with Crippen molar-refractivity contribution in [1.29, 1.82) is 0 Å². The lowest BCUT2D eigenvalue weighted by Crippen LogP contribution is -2.30. The molecule has 0 fully saturated rings. The van der Waals surface area contributed by atoms with Gasteiger partial charge in [-0.3, -0.25) is 4.57 Å². The van der Waals surface area contributed by atoms with E-state index in [2.05, 4.69) is 20.5 Å². The van der Waals surface area contributed by atoms with E-state index in [0.29, 0.717) is 29.7 Å². The Morgan fingerprint density at radius 3 is 2.59 bits per heavy atom. The molecule has 0 amide bonds. The fourth-order valence-electron chi connectivity index (χ4n) is 3.31. The van der Waals surface area contributed by atoms with Gasteiger partial charge in [0.05, 0.1) is 12.6 Å². The Morgan fingerprint density at radius 2 is 1.86 bits per heavy atom. The molecule has 0 spiro atoms. The average Bonchev–Trinajstić information content (AvgIpc) is 3.08. The van der Waals surface area contributed by atoms with Crippen molar-refractivity contribution in [3.8, 4) is 11.8 Å². The second-order valence-electron chi connectivity index (χ2n) is 6.58. The summed E-state index contributed by atoms with van der Waals surface area (Å²) in [5.41, 5.74) is 3.12. The van der Waals surface area contributed by atoms with Gasteiger partial charge in [-0.1, -0.05) is 42.5 Å². The molecule has 9 heteroatoms. The molecule has 4 rings (SSSR count). The average molecular weight is 389 g/mol. The van der Waals surface area contributed by atoms with Crippen molar-refractivity contribution in [1.82, 2.24) is 19.7 Å². The van der Waals surface area contributed by atoms with Gasteiger partial charge in [-0.2, -0.15) is 4.98 Å². The van der Waals surface area contributed by atoms with Crippen molar-refractivity contribution in [3.63, 3.8) is 0 Å². The zero-order chi connectivity index (χ0) is 20.4. The molecule has 8 nitrogen and oxygen atoms in total. The highest BCUT2D eigenvalue weighted by Crippen LogP contribution is 2.24. The van der Waals surface area contributed by atoms with Crippen molar-refractivity contribution in [2.24, 2.45) is 0 Å². The van der Waals surface area contributed by atoms with E-state index in [1.807, 2.05) is 54.0 Å². The van der Waals surface area contributed by atoms with E-state index in [1.54, 1.807) is 12.1 Å². The van der Waals surface area contributed by atoms with E-state index in [0.717, 1.165) is 22.2 Å². The van der Waals surface area contributed by atoms with Crippen molar-refractivity contribution >= 4 is 29.3 Å². The molecular formula is C20H20BN5O3. The first-order valence-electron chi connectivity index (χ1n) is 9.12. The molecule has 0 atom stereocenters. The minimum atomic E-state index is -1.56. The van der Waals surface area contributed by atoms with Crippen molar-refractivity contribution < 1.29 is 14.8 Å². The van der Waals surface area contributed by atoms with E-state index in [4.69, 9.17) is 4.74 Å². The van der Waals surface area contributed by atoms with Gasteiger partial charge in [0.15, 0.2) is 5.82 Å². The van der Waals surface area contributed by atoms with Crippen molar-refractivity contribution in [2.75, 3.05) is 12.4 Å². The number of hydrogen-bond acceptors (Lipinski definition) is 7. The molecule has 4 aromatic rings. The number of methoxy groups -OCH3 is 1. The maximum absolute atomic E-state index is 9.66. The summed E-state index contributed by atoms with van der Waals surface area (Å²) >= 11 is 0. The molecule has 0 aliphatic carbocycles. The Labute approximate surface area is 168 Å². The molecule has 3 N–H and O–H groups in total. The lowest BCUT2D eigenvalue weighted by Gasteiger charge is -2.12. The van der Waals surface area contributed by atoms with E-state index in [-0.39, 0.29) is 0 Å². The van der Waals surface area contributed by atoms with Crippen LogP contribution in [0.1, 0.15) is 11.3 Å². The minimum Gasteiger partial charge on any atom is -0.477 e. The molecule has 0 aliphatic rings. The summed E-state index contributed by atoms with van der Waals surface area (Å²) in [5.74, 6) is 1.13. The van der Waals surface area contributed by atoms with Crippen LogP contribution in [0.4, 0.5) is 5.82 Å². The van der Waals surface area contributed by atoms with Gasteiger partial charge >= 0.3 is 7.12 Å². The SMILES string of the molecule is COc1nnc(-n2c(C)cc3c(B(O)O)cccc32)nc1NCc1ccccc1.